The number of halogens is 1. The van der Waals surface area contributed by atoms with Crippen LogP contribution in [0.5, 0.6) is 0 Å². The van der Waals surface area contributed by atoms with Crippen molar-refractivity contribution in [2.24, 2.45) is 0 Å². The van der Waals surface area contributed by atoms with E-state index in [2.05, 4.69) is 41.2 Å². The van der Waals surface area contributed by atoms with Crippen LogP contribution in [0.4, 0.5) is 5.82 Å². The Morgan fingerprint density at radius 1 is 1.25 bits per heavy atom. The van der Waals surface area contributed by atoms with Crippen molar-refractivity contribution in [2.75, 3.05) is 12.4 Å². The van der Waals surface area contributed by atoms with Gasteiger partial charge in [0.15, 0.2) is 5.82 Å². The van der Waals surface area contributed by atoms with Gasteiger partial charge in [0.05, 0.1) is 16.4 Å². The van der Waals surface area contributed by atoms with Crippen molar-refractivity contribution in [1.29, 1.82) is 0 Å². The Kier molecular flexibility index (Phi) is 3.09. The van der Waals surface area contributed by atoms with Gasteiger partial charge in [-0.1, -0.05) is 0 Å². The lowest BCUT2D eigenvalue weighted by atomic mass is 10.3. The average molecular weight is 280 g/mol. The second-order valence-electron chi connectivity index (χ2n) is 3.14. The minimum atomic E-state index is 0.568. The average Bonchev–Trinajstić information content (AvgIpc) is 2.33. The summed E-state index contributed by atoms with van der Waals surface area (Å²) in [6.45, 7) is 1.91. The lowest BCUT2D eigenvalue weighted by Gasteiger charge is -2.07. The van der Waals surface area contributed by atoms with Crippen LogP contribution < -0.4 is 5.32 Å². The number of hydrogen-bond acceptors (Lipinski definition) is 5. The number of anilines is 1. The molecule has 0 aliphatic carbocycles. The minimum absolute atomic E-state index is 0.568. The third-order valence-electron chi connectivity index (χ3n) is 2.05. The lowest BCUT2D eigenvalue weighted by molar-refractivity contribution is 1.06. The maximum absolute atomic E-state index is 4.35. The monoisotopic (exact) mass is 279 g/mol. The molecule has 82 valence electrons. The van der Waals surface area contributed by atoms with Crippen molar-refractivity contribution in [2.45, 2.75) is 6.92 Å². The highest BCUT2D eigenvalue weighted by molar-refractivity contribution is 9.10. The second-order valence-corrected chi connectivity index (χ2v) is 3.93. The Hall–Kier alpha value is -1.56. The summed E-state index contributed by atoms with van der Waals surface area (Å²) < 4.78 is 0.864. The second kappa shape index (κ2) is 4.52. The molecule has 1 N–H and O–H groups in total. The number of nitrogens with zero attached hydrogens (tertiary/aromatic N) is 4. The van der Waals surface area contributed by atoms with Crippen LogP contribution in [0.25, 0.3) is 11.5 Å². The maximum Gasteiger partial charge on any atom is 0.182 e. The fourth-order valence-electron chi connectivity index (χ4n) is 1.25. The molecule has 0 unspecified atom stereocenters. The SMILES string of the molecule is CNc1nc(-c2cnccn2)nc(C)c1Br. The molecule has 2 aromatic rings. The summed E-state index contributed by atoms with van der Waals surface area (Å²) in [4.78, 5) is 16.9. The van der Waals surface area contributed by atoms with Gasteiger partial charge in [-0.25, -0.2) is 15.0 Å². The van der Waals surface area contributed by atoms with E-state index in [0.29, 0.717) is 11.5 Å². The smallest absolute Gasteiger partial charge is 0.182 e. The Bertz CT molecular complexity index is 500. The molecule has 0 radical (unpaired) electrons. The van der Waals surface area contributed by atoms with Crippen LogP contribution in [0, 0.1) is 6.92 Å². The maximum atomic E-state index is 4.35. The first kappa shape index (κ1) is 10.9. The largest absolute Gasteiger partial charge is 0.372 e. The van der Waals surface area contributed by atoms with E-state index >= 15 is 0 Å². The van der Waals surface area contributed by atoms with Crippen molar-refractivity contribution in [1.82, 2.24) is 19.9 Å². The molecular formula is C10H10BrN5. The van der Waals surface area contributed by atoms with Gasteiger partial charge in [-0.15, -0.1) is 0 Å². The van der Waals surface area contributed by atoms with Crippen LogP contribution in [0.3, 0.4) is 0 Å². The van der Waals surface area contributed by atoms with Gasteiger partial charge in [-0.05, 0) is 22.9 Å². The quantitative estimate of drug-likeness (QED) is 0.912. The van der Waals surface area contributed by atoms with E-state index in [0.717, 1.165) is 16.0 Å². The van der Waals surface area contributed by atoms with Crippen LogP contribution in [0.1, 0.15) is 5.69 Å². The number of hydrogen-bond donors (Lipinski definition) is 1. The van der Waals surface area contributed by atoms with Gasteiger partial charge in [0.25, 0.3) is 0 Å². The molecule has 2 heterocycles. The molecule has 0 amide bonds. The highest BCUT2D eigenvalue weighted by Gasteiger charge is 2.10. The summed E-state index contributed by atoms with van der Waals surface area (Å²) in [6, 6.07) is 0. The highest BCUT2D eigenvalue weighted by Crippen LogP contribution is 2.25. The van der Waals surface area contributed by atoms with Gasteiger partial charge in [-0.2, -0.15) is 0 Å². The lowest BCUT2D eigenvalue weighted by Crippen LogP contribution is -2.01. The fourth-order valence-corrected chi connectivity index (χ4v) is 1.63. The third kappa shape index (κ3) is 2.01. The Morgan fingerprint density at radius 3 is 2.69 bits per heavy atom. The molecule has 16 heavy (non-hydrogen) atoms. The predicted octanol–water partition coefficient (Wildman–Crippen LogP) is 2.05. The first-order valence-corrected chi connectivity index (χ1v) is 5.50. The Balaban J connectivity index is 2.55. The van der Waals surface area contributed by atoms with Gasteiger partial charge in [0, 0.05) is 19.4 Å². The highest BCUT2D eigenvalue weighted by atomic mass is 79.9. The molecule has 2 rings (SSSR count). The van der Waals surface area contributed by atoms with E-state index in [4.69, 9.17) is 0 Å². The van der Waals surface area contributed by atoms with Crippen molar-refractivity contribution < 1.29 is 0 Å². The molecule has 0 atom stereocenters. The zero-order valence-corrected chi connectivity index (χ0v) is 10.5. The van der Waals surface area contributed by atoms with E-state index in [-0.39, 0.29) is 0 Å². The number of rotatable bonds is 2. The molecule has 0 bridgehead atoms. The standard InChI is InChI=1S/C10H10BrN5/c1-6-8(11)10(12-2)16-9(15-6)7-5-13-3-4-14-7/h3-5H,1-2H3,(H,12,15,16). The van der Waals surface area contributed by atoms with Crippen LogP contribution in [0.2, 0.25) is 0 Å². The summed E-state index contributed by atoms with van der Waals surface area (Å²) in [7, 11) is 1.81. The van der Waals surface area contributed by atoms with Crippen LogP contribution in [-0.4, -0.2) is 27.0 Å². The first-order valence-electron chi connectivity index (χ1n) is 4.70. The molecular weight excluding hydrogens is 270 g/mol. The zero-order chi connectivity index (χ0) is 11.5. The molecule has 2 aromatic heterocycles. The molecule has 5 nitrogen and oxygen atoms in total. The number of aromatic nitrogens is 4. The first-order chi connectivity index (χ1) is 7.72. The molecule has 0 aliphatic heterocycles. The van der Waals surface area contributed by atoms with Crippen LogP contribution in [0.15, 0.2) is 23.1 Å². The van der Waals surface area contributed by atoms with Crippen molar-refractivity contribution in [3.63, 3.8) is 0 Å². The summed E-state index contributed by atoms with van der Waals surface area (Å²) in [6.07, 6.45) is 4.88. The van der Waals surface area contributed by atoms with E-state index in [1.54, 1.807) is 18.6 Å². The predicted molar refractivity (Wildman–Crippen MR) is 65.0 cm³/mol. The molecule has 6 heteroatoms. The summed E-state index contributed by atoms with van der Waals surface area (Å²) >= 11 is 3.42. The summed E-state index contributed by atoms with van der Waals surface area (Å²) in [5.74, 6) is 1.31. The minimum Gasteiger partial charge on any atom is -0.372 e. The van der Waals surface area contributed by atoms with E-state index in [9.17, 15) is 0 Å². The number of aryl methyl sites for hydroxylation is 1. The molecule has 0 fully saturated rings. The molecule has 0 aliphatic rings. The van der Waals surface area contributed by atoms with E-state index in [1.165, 1.54) is 0 Å². The van der Waals surface area contributed by atoms with E-state index in [1.807, 2.05) is 14.0 Å². The van der Waals surface area contributed by atoms with Crippen molar-refractivity contribution in [3.8, 4) is 11.5 Å². The molecule has 0 spiro atoms. The topological polar surface area (TPSA) is 63.6 Å². The molecule has 0 saturated carbocycles. The van der Waals surface area contributed by atoms with Crippen molar-refractivity contribution in [3.05, 3.63) is 28.8 Å². The summed E-state index contributed by atoms with van der Waals surface area (Å²) in [5.41, 5.74) is 1.52. The van der Waals surface area contributed by atoms with Crippen molar-refractivity contribution >= 4 is 21.7 Å². The van der Waals surface area contributed by atoms with Gasteiger partial charge in [0.1, 0.15) is 11.5 Å². The van der Waals surface area contributed by atoms with E-state index < -0.39 is 0 Å². The Labute approximate surface area is 102 Å². The van der Waals surface area contributed by atoms with Gasteiger partial charge >= 0.3 is 0 Å². The normalized spacial score (nSPS) is 10.2. The zero-order valence-electron chi connectivity index (χ0n) is 8.90. The van der Waals surface area contributed by atoms with Crippen LogP contribution >= 0.6 is 15.9 Å². The summed E-state index contributed by atoms with van der Waals surface area (Å²) in [5, 5.41) is 3.00. The van der Waals surface area contributed by atoms with Gasteiger partial charge < -0.3 is 5.32 Å². The Morgan fingerprint density at radius 2 is 2.06 bits per heavy atom. The van der Waals surface area contributed by atoms with Crippen LogP contribution in [-0.2, 0) is 0 Å². The number of nitrogens with one attached hydrogen (secondary N) is 1. The van der Waals surface area contributed by atoms with Gasteiger partial charge in [-0.3, -0.25) is 4.98 Å². The third-order valence-corrected chi connectivity index (χ3v) is 3.00. The molecule has 0 saturated heterocycles. The fraction of sp³-hybridized carbons (Fsp3) is 0.200. The molecule has 0 aromatic carbocycles. The van der Waals surface area contributed by atoms with Gasteiger partial charge in [0.2, 0.25) is 0 Å².